The van der Waals surface area contributed by atoms with Crippen LogP contribution in [0.25, 0.3) is 21.9 Å². The standard InChI is InChI=1S/C17H18BNO4.C14H15BN2O4.C13H19BN2O4.C10H13BN2O4.C7H15BN2O4.C6H13BN2O4/c1-12(20)11-16(18(22)23)19-17(21)15-9-7-14(8-10-15)13-5-3-2-4-6-13;16-13(18)8-12(15(20)21)17-14(19)11-6-5-9-3-1-2-4-10(9)7-11;15-12(17)9-11(14(19)20)16-13(18)8-4-7-10-5-2-1-3-6-10;12-9(14)6-8(11(16)17)13-10(15)7-4-2-1-3-5-7;1-2-3-7(12)10-5(8(13)14)4-6(9)11;1-2-6(11)9-4(7(12)13)3-5(8)10/h2-10,16,22-23H,11H2,1H3,(H,19,21);1-7,12,20-21H,8H2,(H2,16,18)(H,17,19);1-3,5-6,11,19-20H,4,7-9H2,(H2,15,17)(H,16,18);1-5,8,16-17H,6H2,(H2,12,14)(H,13,15);5,13-14H,2-4H2,1H3,(H2,9,11)(H,10,12);4,12-13H,2-3H2,1H3,(H2,8,10)(H,9,11)/t16-;12-;11-;8-;5-;4-/m111111/s1. The quantitative estimate of drug-likeness (QED) is 0.0166. The molecule has 6 atom stereocenters. The maximum absolute atomic E-state index is 12.1. The third kappa shape index (κ3) is 41.9. The van der Waals surface area contributed by atoms with Crippen molar-refractivity contribution in [3.63, 3.8) is 0 Å². The number of fused-ring (bicyclic) bond motifs is 1. The zero-order chi connectivity index (χ0) is 81.6. The summed E-state index contributed by atoms with van der Waals surface area (Å²) in [5, 5.41) is 124. The maximum atomic E-state index is 12.1. The van der Waals surface area contributed by atoms with E-state index in [0.717, 1.165) is 33.9 Å². The van der Waals surface area contributed by atoms with Crippen LogP contribution in [0.3, 0.4) is 0 Å². The summed E-state index contributed by atoms with van der Waals surface area (Å²) >= 11 is 0. The summed E-state index contributed by atoms with van der Waals surface area (Å²) in [6.45, 7) is 4.76. The first kappa shape index (κ1) is 95.3. The van der Waals surface area contributed by atoms with E-state index in [1.165, 1.54) is 6.92 Å². The predicted molar refractivity (Wildman–Crippen MR) is 402 cm³/mol. The molecule has 6 aromatic carbocycles. The molecule has 41 heteroatoms. The molecule has 0 saturated heterocycles. The van der Waals surface area contributed by atoms with E-state index in [2.05, 4.69) is 31.9 Å². The van der Waals surface area contributed by atoms with Gasteiger partial charge >= 0.3 is 42.7 Å². The molecular formula is C67H93B6N11O24. The fourth-order valence-electron chi connectivity index (χ4n) is 9.09. The van der Waals surface area contributed by atoms with Crippen LogP contribution in [-0.2, 0) is 49.6 Å². The number of nitrogens with one attached hydrogen (secondary N) is 6. The third-order valence-electron chi connectivity index (χ3n) is 14.6. The topological polar surface area (TPSA) is 650 Å². The van der Waals surface area contributed by atoms with Gasteiger partial charge in [0.15, 0.2) is 0 Å². The van der Waals surface area contributed by atoms with Gasteiger partial charge in [-0.1, -0.05) is 135 Å². The second-order valence-corrected chi connectivity index (χ2v) is 23.8. The van der Waals surface area contributed by atoms with Crippen molar-refractivity contribution in [3.8, 4) is 11.1 Å². The lowest BCUT2D eigenvalue weighted by molar-refractivity contribution is -0.123. The molecule has 0 fully saturated rings. The summed E-state index contributed by atoms with van der Waals surface area (Å²) in [6, 6.07) is 47.3. The van der Waals surface area contributed by atoms with Crippen LogP contribution in [0.1, 0.15) is 128 Å². The smallest absolute Gasteiger partial charge is 0.426 e. The Bertz CT molecular complexity index is 3790. The summed E-state index contributed by atoms with van der Waals surface area (Å²) in [6.07, 6.45) is 1.09. The van der Waals surface area contributed by atoms with E-state index in [9.17, 15) is 67.6 Å². The van der Waals surface area contributed by atoms with Crippen LogP contribution in [0.2, 0.25) is 0 Å². The van der Waals surface area contributed by atoms with Gasteiger partial charge in [0.05, 0.1) is 35.6 Å². The normalized spacial score (nSPS) is 11.8. The summed E-state index contributed by atoms with van der Waals surface area (Å²) in [4.78, 5) is 134. The molecule has 0 aliphatic rings. The molecule has 0 radical (unpaired) electrons. The Morgan fingerprint density at radius 2 is 0.639 bits per heavy atom. The van der Waals surface area contributed by atoms with Crippen molar-refractivity contribution in [1.82, 2.24) is 31.9 Å². The van der Waals surface area contributed by atoms with Gasteiger partial charge in [-0.15, -0.1) is 0 Å². The number of carbonyl (C=O) groups is 12. The van der Waals surface area contributed by atoms with Crippen molar-refractivity contribution in [2.75, 3.05) is 0 Å². The molecule has 0 bridgehead atoms. The molecule has 6 rings (SSSR count). The highest BCUT2D eigenvalue weighted by atomic mass is 16.4. The molecular weight excluding hydrogens is 1410 g/mol. The van der Waals surface area contributed by atoms with Gasteiger partial charge in [-0.2, -0.15) is 0 Å². The van der Waals surface area contributed by atoms with Gasteiger partial charge in [0.25, 0.3) is 17.7 Å². The van der Waals surface area contributed by atoms with Crippen LogP contribution in [0.5, 0.6) is 0 Å². The summed E-state index contributed by atoms with van der Waals surface area (Å²) in [7, 11) is -10.8. The highest BCUT2D eigenvalue weighted by Crippen LogP contribution is 2.20. The minimum Gasteiger partial charge on any atom is -0.426 e. The predicted octanol–water partition coefficient (Wildman–Crippen LogP) is -4.75. The SMILES string of the molecule is CC(=O)C[C@@H](NC(=O)c1ccc(-c2ccccc2)cc1)B(O)O.CCC(=O)N[C@H](CC(N)=O)B(O)O.CCCC(=O)N[C@H](CC(N)=O)B(O)O.NC(=O)C[C@@H](NC(=O)CCCc1ccccc1)B(O)O.NC(=O)C[C@@H](NC(=O)c1ccc2ccccc2c1)B(O)O.NC(=O)C[C@@H](NC(=O)c1ccccc1)B(O)O. The lowest BCUT2D eigenvalue weighted by Gasteiger charge is -2.16. The Kier molecular flexibility index (Phi) is 46.2. The zero-order valence-corrected chi connectivity index (χ0v) is 59.6. The third-order valence-corrected chi connectivity index (χ3v) is 14.6. The van der Waals surface area contributed by atoms with Crippen molar-refractivity contribution in [1.29, 1.82) is 0 Å². The molecule has 35 nitrogen and oxygen atoms in total. The van der Waals surface area contributed by atoms with E-state index in [-0.39, 0.29) is 81.3 Å². The van der Waals surface area contributed by atoms with Gasteiger partial charge in [-0.3, -0.25) is 57.5 Å². The number of amides is 11. The van der Waals surface area contributed by atoms with Crippen molar-refractivity contribution in [3.05, 3.63) is 180 Å². The maximum Gasteiger partial charge on any atom is 0.476 e. The molecule has 578 valence electrons. The van der Waals surface area contributed by atoms with Crippen LogP contribution in [0, 0.1) is 0 Å². The Hall–Kier alpha value is -10.7. The lowest BCUT2D eigenvalue weighted by Crippen LogP contribution is -2.48. The molecule has 0 heterocycles. The highest BCUT2D eigenvalue weighted by molar-refractivity contribution is 6.46. The minimum atomic E-state index is -1.86. The first-order chi connectivity index (χ1) is 50.9. The fraction of sp³-hybridized carbons (Fsp3) is 0.313. The Balaban J connectivity index is 0.000000656. The van der Waals surface area contributed by atoms with Gasteiger partial charge in [0, 0.05) is 74.5 Å². The molecule has 28 N–H and O–H groups in total. The van der Waals surface area contributed by atoms with Crippen molar-refractivity contribution in [2.45, 2.75) is 133 Å². The van der Waals surface area contributed by atoms with Gasteiger partial charge in [0.2, 0.25) is 47.3 Å². The number of hydrogen-bond donors (Lipinski definition) is 23. The number of benzene rings is 6. The molecule has 0 spiro atoms. The van der Waals surface area contributed by atoms with Crippen LogP contribution in [0.4, 0.5) is 0 Å². The van der Waals surface area contributed by atoms with Gasteiger partial charge in [-0.25, -0.2) is 0 Å². The monoisotopic (exact) mass is 1500 g/mol. The Morgan fingerprint density at radius 3 is 1.01 bits per heavy atom. The fourth-order valence-corrected chi connectivity index (χ4v) is 9.09. The number of aryl methyl sites for hydroxylation is 1. The Morgan fingerprint density at radius 1 is 0.333 bits per heavy atom. The molecule has 0 unspecified atom stereocenters. The van der Waals surface area contributed by atoms with E-state index in [0.29, 0.717) is 29.5 Å². The van der Waals surface area contributed by atoms with E-state index >= 15 is 0 Å². The number of Topliss-reactive ketones (excluding diaryl/α,β-unsaturated/α-hetero) is 1. The lowest BCUT2D eigenvalue weighted by atomic mass is 9.76. The summed E-state index contributed by atoms with van der Waals surface area (Å²) in [5.41, 5.74) is 28.9. The molecule has 0 aliphatic heterocycles. The van der Waals surface area contributed by atoms with E-state index in [1.807, 2.05) is 104 Å². The number of rotatable bonds is 35. The van der Waals surface area contributed by atoms with E-state index < -0.39 is 126 Å². The zero-order valence-electron chi connectivity index (χ0n) is 59.6. The second kappa shape index (κ2) is 52.3. The van der Waals surface area contributed by atoms with E-state index in [4.69, 9.17) is 78.9 Å². The van der Waals surface area contributed by atoms with Crippen molar-refractivity contribution >= 4 is 124 Å². The average molecular weight is 1500 g/mol. The molecule has 108 heavy (non-hydrogen) atoms. The molecule has 6 aromatic rings. The highest BCUT2D eigenvalue weighted by Gasteiger charge is 2.32. The Labute approximate surface area is 624 Å². The molecule has 0 aliphatic carbocycles. The van der Waals surface area contributed by atoms with Crippen LogP contribution in [-0.4, -0.2) is 209 Å². The van der Waals surface area contributed by atoms with Crippen molar-refractivity contribution < 1.29 is 118 Å². The molecule has 11 amide bonds. The second-order valence-electron chi connectivity index (χ2n) is 23.8. The number of primary amides is 5. The van der Waals surface area contributed by atoms with Crippen LogP contribution >= 0.6 is 0 Å². The summed E-state index contributed by atoms with van der Waals surface area (Å²) in [5.74, 6) is -12.6. The first-order valence-corrected chi connectivity index (χ1v) is 33.5. The van der Waals surface area contributed by atoms with Crippen molar-refractivity contribution in [2.24, 2.45) is 28.7 Å². The largest absolute Gasteiger partial charge is 0.476 e. The van der Waals surface area contributed by atoms with Crippen LogP contribution < -0.4 is 60.6 Å². The van der Waals surface area contributed by atoms with E-state index in [1.54, 1.807) is 67.6 Å². The van der Waals surface area contributed by atoms with Crippen LogP contribution in [0.15, 0.2) is 158 Å². The first-order valence-electron chi connectivity index (χ1n) is 33.5. The average Bonchev–Trinajstić information content (AvgIpc) is 0.835. The minimum absolute atomic E-state index is 0.133. The molecule has 0 aromatic heterocycles. The van der Waals surface area contributed by atoms with Gasteiger partial charge < -0.3 is 121 Å². The summed E-state index contributed by atoms with van der Waals surface area (Å²) < 4.78 is 0. The number of carbonyl (C=O) groups excluding carboxylic acids is 12. The van der Waals surface area contributed by atoms with Gasteiger partial charge in [-0.05, 0) is 90.0 Å². The number of nitrogens with two attached hydrogens (primary N) is 5. The molecule has 0 saturated carbocycles. The van der Waals surface area contributed by atoms with Gasteiger partial charge in [0.1, 0.15) is 5.78 Å². The number of ketones is 1. The number of hydrogen-bond acceptors (Lipinski definition) is 24.